The lowest BCUT2D eigenvalue weighted by atomic mass is 9.72. The Balaban J connectivity index is 0.00000158. The van der Waals surface area contributed by atoms with E-state index in [1.165, 1.54) is 32.2 Å². The van der Waals surface area contributed by atoms with Crippen molar-refractivity contribution in [1.29, 1.82) is 0 Å². The van der Waals surface area contributed by atoms with Gasteiger partial charge in [-0.05, 0) is 32.8 Å². The number of ketones is 3. The topological polar surface area (TPSA) is 293 Å². The molecule has 0 spiro atoms. The molecule has 2 fully saturated rings. The molecule has 4 aliphatic rings. The van der Waals surface area contributed by atoms with Gasteiger partial charge in [0, 0.05) is 68.2 Å². The van der Waals surface area contributed by atoms with E-state index in [1.54, 1.807) is 6.92 Å². The molecule has 19 heteroatoms. The fraction of sp³-hybridized carbons (Fsp3) is 0.548. The van der Waals surface area contributed by atoms with Gasteiger partial charge < -0.3 is 55.0 Å². The largest absolute Gasteiger partial charge is 0.507 e. The minimum atomic E-state index is -2.37. The van der Waals surface area contributed by atoms with Crippen LogP contribution in [0.3, 0.4) is 0 Å². The SMILES string of the molecule is C.CC.CCO.COc1cccc2c1C(=O)c1c(O)c3c(c(O)c1C2=O)CC(O)(C(=O)CO)CC3OC1CC(NC(=O)CCCCC(=O)ON2C(=O)CCC2=O)C(O)C(C)O1. The molecule has 6 unspecified atom stereocenters. The summed E-state index contributed by atoms with van der Waals surface area (Å²) in [5, 5.41) is 66.1. The van der Waals surface area contributed by atoms with Gasteiger partial charge in [0.05, 0.1) is 42.0 Å². The minimum absolute atomic E-state index is 0. The molecule has 2 aromatic carbocycles. The predicted molar refractivity (Wildman–Crippen MR) is 212 cm³/mol. The van der Waals surface area contributed by atoms with Gasteiger partial charge in [-0.1, -0.05) is 33.4 Å². The number of nitrogens with one attached hydrogen (secondary N) is 1. The van der Waals surface area contributed by atoms with E-state index in [0.29, 0.717) is 5.06 Å². The van der Waals surface area contributed by atoms with Crippen molar-refractivity contribution in [1.82, 2.24) is 10.4 Å². The number of carbonyl (C=O) groups is 7. The van der Waals surface area contributed by atoms with Crippen LogP contribution in [-0.2, 0) is 44.7 Å². The Bertz CT molecular complexity index is 1980. The molecule has 6 atom stereocenters. The molecule has 0 saturated carbocycles. The van der Waals surface area contributed by atoms with Crippen molar-refractivity contribution < 1.29 is 83.2 Å². The van der Waals surface area contributed by atoms with E-state index < -0.39 is 119 Å². The van der Waals surface area contributed by atoms with Crippen LogP contribution in [0.4, 0.5) is 0 Å². The number of rotatable bonds is 12. The number of aliphatic hydroxyl groups is 4. The van der Waals surface area contributed by atoms with Gasteiger partial charge in [0.2, 0.25) is 11.7 Å². The van der Waals surface area contributed by atoms with Crippen LogP contribution in [-0.4, -0.2) is 127 Å². The third-order valence-electron chi connectivity index (χ3n) is 10.3. The molecule has 2 saturated heterocycles. The molecular weight excluding hydrogens is 804 g/mol. The van der Waals surface area contributed by atoms with Crippen LogP contribution in [0.5, 0.6) is 17.2 Å². The van der Waals surface area contributed by atoms with Crippen LogP contribution in [0.15, 0.2) is 18.2 Å². The zero-order chi connectivity index (χ0) is 44.6. The Hall–Kier alpha value is -5.31. The Morgan fingerprint density at radius 1 is 0.951 bits per heavy atom. The monoisotopic (exact) mass is 860 g/mol. The average Bonchev–Trinajstić information content (AvgIpc) is 3.53. The van der Waals surface area contributed by atoms with Crippen molar-refractivity contribution in [3.05, 3.63) is 51.6 Å². The number of hydroxylamine groups is 2. The minimum Gasteiger partial charge on any atom is -0.507 e. The molecule has 6 rings (SSSR count). The predicted octanol–water partition coefficient (Wildman–Crippen LogP) is 1.99. The second-order valence-electron chi connectivity index (χ2n) is 14.2. The molecule has 19 nitrogen and oxygen atoms in total. The highest BCUT2D eigenvalue weighted by molar-refractivity contribution is 6.31. The first-order valence-corrected chi connectivity index (χ1v) is 19.7. The summed E-state index contributed by atoms with van der Waals surface area (Å²) in [6, 6.07) is 3.30. The average molecular weight is 861 g/mol. The highest BCUT2D eigenvalue weighted by Gasteiger charge is 2.50. The quantitative estimate of drug-likeness (QED) is 0.0778. The Morgan fingerprint density at radius 2 is 1.56 bits per heavy atom. The van der Waals surface area contributed by atoms with E-state index in [-0.39, 0.29) is 87.0 Å². The summed E-state index contributed by atoms with van der Waals surface area (Å²) in [5.74, 6) is -6.75. The van der Waals surface area contributed by atoms with Gasteiger partial charge in [-0.2, -0.15) is 0 Å². The number of benzene rings is 2. The highest BCUT2D eigenvalue weighted by Crippen LogP contribution is 2.52. The van der Waals surface area contributed by atoms with Crippen LogP contribution in [0.1, 0.15) is 136 Å². The number of unbranched alkanes of at least 4 members (excludes halogenated alkanes) is 1. The number of Topliss-reactive ketones (excluding diaryl/α,β-unsaturated/α-hetero) is 1. The fourth-order valence-electron chi connectivity index (χ4n) is 7.50. The number of ether oxygens (including phenoxy) is 3. The number of imide groups is 1. The summed E-state index contributed by atoms with van der Waals surface area (Å²) < 4.78 is 17.3. The maximum atomic E-state index is 13.9. The van der Waals surface area contributed by atoms with E-state index in [2.05, 4.69) is 5.32 Å². The second-order valence-corrected chi connectivity index (χ2v) is 14.2. The summed E-state index contributed by atoms with van der Waals surface area (Å²) in [6.07, 6.45) is -6.37. The molecule has 0 aromatic heterocycles. The maximum Gasteiger partial charge on any atom is 0.333 e. The molecule has 61 heavy (non-hydrogen) atoms. The first kappa shape index (κ1) is 50.0. The van der Waals surface area contributed by atoms with Crippen molar-refractivity contribution in [2.45, 2.75) is 129 Å². The molecule has 2 aliphatic carbocycles. The van der Waals surface area contributed by atoms with Crippen molar-refractivity contribution >= 4 is 41.0 Å². The Morgan fingerprint density at radius 3 is 2.16 bits per heavy atom. The van der Waals surface area contributed by atoms with Gasteiger partial charge in [-0.25, -0.2) is 4.79 Å². The zero-order valence-electron chi connectivity index (χ0n) is 34.0. The van der Waals surface area contributed by atoms with E-state index in [9.17, 15) is 59.1 Å². The highest BCUT2D eigenvalue weighted by atomic mass is 16.7. The number of aliphatic hydroxyl groups excluding tert-OH is 3. The number of nitrogens with zero attached hydrogens (tertiary/aromatic N) is 1. The normalized spacial score (nSPS) is 23.8. The number of fused-ring (bicyclic) bond motifs is 3. The lowest BCUT2D eigenvalue weighted by molar-refractivity contribution is -0.249. The van der Waals surface area contributed by atoms with Crippen molar-refractivity contribution in [2.24, 2.45) is 0 Å². The van der Waals surface area contributed by atoms with E-state index >= 15 is 0 Å². The number of amides is 3. The van der Waals surface area contributed by atoms with Crippen molar-refractivity contribution in [2.75, 3.05) is 20.3 Å². The third-order valence-corrected chi connectivity index (χ3v) is 10.3. The summed E-state index contributed by atoms with van der Waals surface area (Å²) >= 11 is 0. The van der Waals surface area contributed by atoms with Gasteiger partial charge in [-0.3, -0.25) is 28.8 Å². The van der Waals surface area contributed by atoms with Gasteiger partial charge in [0.25, 0.3) is 11.8 Å². The maximum absolute atomic E-state index is 13.9. The van der Waals surface area contributed by atoms with Gasteiger partial charge in [-0.15, -0.1) is 5.06 Å². The van der Waals surface area contributed by atoms with Gasteiger partial charge in [0.15, 0.2) is 17.9 Å². The lowest BCUT2D eigenvalue weighted by Crippen LogP contribution is -2.55. The second kappa shape index (κ2) is 21.5. The van der Waals surface area contributed by atoms with Gasteiger partial charge in [0.1, 0.15) is 35.6 Å². The summed E-state index contributed by atoms with van der Waals surface area (Å²) in [4.78, 5) is 93.6. The first-order chi connectivity index (χ1) is 28.5. The van der Waals surface area contributed by atoms with Crippen molar-refractivity contribution in [3.63, 3.8) is 0 Å². The first-order valence-electron chi connectivity index (χ1n) is 19.7. The number of hydrogen-bond donors (Lipinski definition) is 7. The summed E-state index contributed by atoms with van der Waals surface area (Å²) in [7, 11) is 1.29. The molecule has 2 aromatic rings. The van der Waals surface area contributed by atoms with E-state index in [4.69, 9.17) is 24.2 Å². The lowest BCUT2D eigenvalue weighted by Gasteiger charge is -2.43. The van der Waals surface area contributed by atoms with Crippen LogP contribution >= 0.6 is 0 Å². The molecule has 0 radical (unpaired) electrons. The molecule has 7 N–H and O–H groups in total. The summed E-state index contributed by atoms with van der Waals surface area (Å²) in [5.41, 5.74) is -4.22. The molecule has 3 amide bonds. The number of carbonyl (C=O) groups excluding carboxylic acids is 7. The van der Waals surface area contributed by atoms with E-state index in [1.807, 2.05) is 13.8 Å². The standard InChI is InChI=1S/C37H40N2O16.C2H6O.C2H6.CH4/c1-16-32(46)19(38-23(42)8-3-4-9-26(45)55-39-24(43)10-11-25(39)44)12-27(53-16)54-21-14-37(51,22(41)15-40)13-18-29(21)36(50)31-30(34(18)48)33(47)17-6-5-7-20(52-2)28(17)35(31)49;1-2-3;1-2;/h5-7,16,19,21,27,32,40,46,48,50-51H,3-4,8-15H2,1-2H3,(H,38,42);3H,2H2,1H3;1-2H3;1H4. The zero-order valence-corrected chi connectivity index (χ0v) is 34.0. The molecule has 2 aliphatic heterocycles. The Labute approximate surface area is 352 Å². The van der Waals surface area contributed by atoms with Crippen LogP contribution < -0.4 is 10.1 Å². The molecule has 0 bridgehead atoms. The number of phenols is 2. The molecule has 2 heterocycles. The number of methoxy groups -OCH3 is 1. The van der Waals surface area contributed by atoms with Crippen LogP contribution in [0, 0.1) is 0 Å². The smallest absolute Gasteiger partial charge is 0.333 e. The van der Waals surface area contributed by atoms with Crippen LogP contribution in [0.2, 0.25) is 0 Å². The number of phenolic OH excluding ortho intramolecular Hbond substituents is 2. The fourth-order valence-corrected chi connectivity index (χ4v) is 7.50. The van der Waals surface area contributed by atoms with Gasteiger partial charge >= 0.3 is 5.97 Å². The van der Waals surface area contributed by atoms with Crippen LogP contribution in [0.25, 0.3) is 0 Å². The number of aromatic hydroxyl groups is 2. The molecular formula is C42H56N2O17. The van der Waals surface area contributed by atoms with Crippen molar-refractivity contribution in [3.8, 4) is 17.2 Å². The third kappa shape index (κ3) is 10.4. The molecule has 336 valence electrons. The van der Waals surface area contributed by atoms with E-state index in [0.717, 1.165) is 0 Å². The number of hydrogen-bond acceptors (Lipinski definition) is 17. The Kier molecular flexibility index (Phi) is 17.6. The summed E-state index contributed by atoms with van der Waals surface area (Å²) in [6.45, 7) is 6.33.